The van der Waals surface area contributed by atoms with Crippen molar-refractivity contribution in [3.8, 4) is 5.75 Å². The van der Waals surface area contributed by atoms with E-state index >= 15 is 0 Å². The minimum atomic E-state index is -0.716. The quantitative estimate of drug-likeness (QED) is 0.680. The Hall–Kier alpha value is -1.86. The third kappa shape index (κ3) is 4.83. The Bertz CT molecular complexity index is 787. The topological polar surface area (TPSA) is 64.6 Å². The van der Waals surface area contributed by atoms with Crippen LogP contribution in [0.1, 0.15) is 34.6 Å². The Morgan fingerprint density at radius 3 is 2.68 bits per heavy atom. The lowest BCUT2D eigenvalue weighted by Crippen LogP contribution is -2.30. The van der Waals surface area contributed by atoms with E-state index in [1.165, 1.54) is 11.3 Å². The monoisotopic (exact) mass is 425 g/mol. The second kappa shape index (κ2) is 8.49. The zero-order valence-corrected chi connectivity index (χ0v) is 16.9. The number of hydrogen-bond donors (Lipinski definition) is 1. The molecule has 7 heteroatoms. The minimum absolute atomic E-state index is 0.281. The highest BCUT2D eigenvalue weighted by Gasteiger charge is 2.24. The van der Waals surface area contributed by atoms with Crippen molar-refractivity contribution in [3.63, 3.8) is 0 Å². The van der Waals surface area contributed by atoms with Gasteiger partial charge in [0.25, 0.3) is 5.91 Å². The average Bonchev–Trinajstić information content (AvgIpc) is 2.81. The first-order valence-electron chi connectivity index (χ1n) is 7.83. The van der Waals surface area contributed by atoms with E-state index in [-0.39, 0.29) is 12.5 Å². The van der Waals surface area contributed by atoms with Crippen LogP contribution in [0.5, 0.6) is 5.75 Å². The van der Waals surface area contributed by atoms with Crippen molar-refractivity contribution in [2.45, 2.75) is 33.8 Å². The van der Waals surface area contributed by atoms with Crippen LogP contribution in [-0.2, 0) is 9.53 Å². The molecule has 0 saturated carbocycles. The third-order valence-electron chi connectivity index (χ3n) is 3.58. The first-order valence-corrected chi connectivity index (χ1v) is 9.44. The zero-order chi connectivity index (χ0) is 18.6. The SMILES string of the molecule is CCOC(=O)c1c(NC(=O)[C@H](C)Oc2cccc(Br)c2)sc(C)c1C. The highest BCUT2D eigenvalue weighted by molar-refractivity contribution is 9.10. The molecule has 1 atom stereocenters. The largest absolute Gasteiger partial charge is 0.481 e. The minimum Gasteiger partial charge on any atom is -0.481 e. The van der Waals surface area contributed by atoms with Crippen molar-refractivity contribution in [3.05, 3.63) is 44.7 Å². The number of aryl methyl sites for hydroxylation is 1. The number of carbonyl (C=O) groups is 2. The van der Waals surface area contributed by atoms with Crippen LogP contribution in [0.15, 0.2) is 28.7 Å². The summed E-state index contributed by atoms with van der Waals surface area (Å²) in [7, 11) is 0. The van der Waals surface area contributed by atoms with Crippen LogP contribution >= 0.6 is 27.3 Å². The fraction of sp³-hybridized carbons (Fsp3) is 0.333. The standard InChI is InChI=1S/C18H20BrNO4S/c1-5-23-18(22)15-10(2)12(4)25-17(15)20-16(21)11(3)24-14-8-6-7-13(19)9-14/h6-9,11H,5H2,1-4H3,(H,20,21)/t11-/m0/s1. The summed E-state index contributed by atoms with van der Waals surface area (Å²) in [6, 6.07) is 7.26. The Morgan fingerprint density at radius 1 is 1.32 bits per heavy atom. The smallest absolute Gasteiger partial charge is 0.341 e. The van der Waals surface area contributed by atoms with Gasteiger partial charge in [-0.05, 0) is 51.5 Å². The van der Waals surface area contributed by atoms with Gasteiger partial charge < -0.3 is 14.8 Å². The molecule has 0 fully saturated rings. The van der Waals surface area contributed by atoms with Crippen LogP contribution in [0.2, 0.25) is 0 Å². The summed E-state index contributed by atoms with van der Waals surface area (Å²) < 4.78 is 11.6. The van der Waals surface area contributed by atoms with Crippen LogP contribution in [0.3, 0.4) is 0 Å². The van der Waals surface area contributed by atoms with Crippen molar-refractivity contribution in [1.82, 2.24) is 0 Å². The van der Waals surface area contributed by atoms with Crippen molar-refractivity contribution < 1.29 is 19.1 Å². The first-order chi connectivity index (χ1) is 11.8. The normalized spacial score (nSPS) is 11.7. The summed E-state index contributed by atoms with van der Waals surface area (Å²) in [5.74, 6) is -0.173. The second-order valence-corrected chi connectivity index (χ2v) is 7.55. The number of ether oxygens (including phenoxy) is 2. The maximum absolute atomic E-state index is 12.5. The van der Waals surface area contributed by atoms with Gasteiger partial charge in [0.05, 0.1) is 12.2 Å². The summed E-state index contributed by atoms with van der Waals surface area (Å²) in [4.78, 5) is 25.6. The molecule has 0 radical (unpaired) electrons. The summed E-state index contributed by atoms with van der Waals surface area (Å²) in [6.45, 7) is 7.43. The van der Waals surface area contributed by atoms with Crippen molar-refractivity contribution in [2.24, 2.45) is 0 Å². The molecule has 0 aliphatic carbocycles. The number of rotatable bonds is 6. The molecule has 0 spiro atoms. The van der Waals surface area contributed by atoms with E-state index in [9.17, 15) is 9.59 Å². The zero-order valence-electron chi connectivity index (χ0n) is 14.5. The summed E-state index contributed by atoms with van der Waals surface area (Å²) in [5, 5.41) is 3.28. The predicted octanol–water partition coefficient (Wildman–Crippen LogP) is 4.71. The number of hydrogen-bond acceptors (Lipinski definition) is 5. The van der Waals surface area contributed by atoms with Crippen molar-refractivity contribution in [2.75, 3.05) is 11.9 Å². The fourth-order valence-corrected chi connectivity index (χ4v) is 3.61. The lowest BCUT2D eigenvalue weighted by atomic mass is 10.1. The van der Waals surface area contributed by atoms with Gasteiger partial charge in [0.15, 0.2) is 6.10 Å². The molecule has 1 amide bonds. The fourth-order valence-electron chi connectivity index (χ4n) is 2.18. The average molecular weight is 426 g/mol. The molecule has 134 valence electrons. The number of halogens is 1. The number of amides is 1. The van der Waals surface area contributed by atoms with Gasteiger partial charge in [-0.15, -0.1) is 11.3 Å². The predicted molar refractivity (Wildman–Crippen MR) is 103 cm³/mol. The lowest BCUT2D eigenvalue weighted by Gasteiger charge is -2.15. The summed E-state index contributed by atoms with van der Waals surface area (Å²) >= 11 is 4.72. The van der Waals surface area contributed by atoms with Crippen LogP contribution in [0, 0.1) is 13.8 Å². The van der Waals surface area contributed by atoms with Gasteiger partial charge >= 0.3 is 5.97 Å². The van der Waals surface area contributed by atoms with Crippen LogP contribution in [-0.4, -0.2) is 24.6 Å². The molecule has 0 saturated heterocycles. The highest BCUT2D eigenvalue weighted by Crippen LogP contribution is 2.33. The van der Waals surface area contributed by atoms with E-state index in [0.29, 0.717) is 16.3 Å². The molecule has 2 aromatic rings. The Morgan fingerprint density at radius 2 is 2.04 bits per heavy atom. The van der Waals surface area contributed by atoms with Gasteiger partial charge in [-0.2, -0.15) is 0 Å². The van der Waals surface area contributed by atoms with Gasteiger partial charge in [0.1, 0.15) is 10.8 Å². The van der Waals surface area contributed by atoms with Crippen LogP contribution in [0.25, 0.3) is 0 Å². The molecule has 0 bridgehead atoms. The maximum atomic E-state index is 12.5. The molecule has 1 heterocycles. The van der Waals surface area contributed by atoms with E-state index in [2.05, 4.69) is 21.2 Å². The van der Waals surface area contributed by atoms with E-state index in [0.717, 1.165) is 14.9 Å². The molecular weight excluding hydrogens is 406 g/mol. The van der Waals surface area contributed by atoms with Gasteiger partial charge in [-0.3, -0.25) is 4.79 Å². The molecule has 0 aliphatic heterocycles. The molecule has 1 aromatic heterocycles. The molecule has 1 N–H and O–H groups in total. The molecule has 2 rings (SSSR count). The maximum Gasteiger partial charge on any atom is 0.341 e. The number of nitrogens with one attached hydrogen (secondary N) is 1. The van der Waals surface area contributed by atoms with Gasteiger partial charge in [0, 0.05) is 9.35 Å². The number of carbonyl (C=O) groups excluding carboxylic acids is 2. The first kappa shape index (κ1) is 19.5. The summed E-state index contributed by atoms with van der Waals surface area (Å²) in [5.41, 5.74) is 1.23. The lowest BCUT2D eigenvalue weighted by molar-refractivity contribution is -0.122. The Kier molecular flexibility index (Phi) is 6.61. The van der Waals surface area contributed by atoms with Gasteiger partial charge in [-0.25, -0.2) is 4.79 Å². The van der Waals surface area contributed by atoms with Gasteiger partial charge in [0.2, 0.25) is 0 Å². The molecular formula is C18H20BrNO4S. The second-order valence-electron chi connectivity index (χ2n) is 5.41. The molecule has 25 heavy (non-hydrogen) atoms. The molecule has 0 unspecified atom stereocenters. The number of thiophene rings is 1. The number of esters is 1. The third-order valence-corrected chi connectivity index (χ3v) is 5.20. The Labute approximate surface area is 159 Å². The van der Waals surface area contributed by atoms with E-state index in [4.69, 9.17) is 9.47 Å². The van der Waals surface area contributed by atoms with E-state index < -0.39 is 12.1 Å². The van der Waals surface area contributed by atoms with E-state index in [1.807, 2.05) is 26.0 Å². The van der Waals surface area contributed by atoms with E-state index in [1.54, 1.807) is 26.0 Å². The summed E-state index contributed by atoms with van der Waals surface area (Å²) in [6.07, 6.45) is -0.716. The highest BCUT2D eigenvalue weighted by atomic mass is 79.9. The van der Waals surface area contributed by atoms with Gasteiger partial charge in [-0.1, -0.05) is 22.0 Å². The molecule has 0 aliphatic rings. The van der Waals surface area contributed by atoms with Crippen molar-refractivity contribution >= 4 is 44.1 Å². The number of benzene rings is 1. The van der Waals surface area contributed by atoms with Crippen LogP contribution < -0.4 is 10.1 Å². The van der Waals surface area contributed by atoms with Crippen LogP contribution in [0.4, 0.5) is 5.00 Å². The Balaban J connectivity index is 2.14. The molecule has 1 aromatic carbocycles. The van der Waals surface area contributed by atoms with Crippen molar-refractivity contribution in [1.29, 1.82) is 0 Å². The number of anilines is 1. The molecule has 5 nitrogen and oxygen atoms in total.